The molecule has 82 valence electrons. The Morgan fingerprint density at radius 1 is 1.21 bits per heavy atom. The molecule has 2 nitrogen and oxygen atoms in total. The molecular weight excluding hydrogens is 172 g/mol. The van der Waals surface area contributed by atoms with E-state index < -0.39 is 0 Å². The van der Waals surface area contributed by atoms with E-state index in [1.165, 1.54) is 39.0 Å². The fourth-order valence-corrected chi connectivity index (χ4v) is 3.17. The summed E-state index contributed by atoms with van der Waals surface area (Å²) in [7, 11) is 0. The second-order valence-electron chi connectivity index (χ2n) is 5.13. The minimum absolute atomic E-state index is 0.738. The normalized spacial score (nSPS) is 35.1. The molecule has 2 aliphatic rings. The van der Waals surface area contributed by atoms with Crippen molar-refractivity contribution in [2.24, 2.45) is 5.92 Å². The largest absolute Gasteiger partial charge is 0.302 e. The van der Waals surface area contributed by atoms with Crippen LogP contribution in [0.4, 0.5) is 0 Å². The van der Waals surface area contributed by atoms with Crippen molar-refractivity contribution in [1.82, 2.24) is 9.80 Å². The number of hydrogen-bond acceptors (Lipinski definition) is 2. The molecule has 2 heteroatoms. The van der Waals surface area contributed by atoms with Crippen molar-refractivity contribution in [1.29, 1.82) is 0 Å². The predicted molar refractivity (Wildman–Crippen MR) is 60.5 cm³/mol. The van der Waals surface area contributed by atoms with Crippen LogP contribution < -0.4 is 0 Å². The van der Waals surface area contributed by atoms with Gasteiger partial charge in [0.1, 0.15) is 0 Å². The Balaban J connectivity index is 2.00. The highest BCUT2D eigenvalue weighted by Gasteiger charge is 2.38. The summed E-state index contributed by atoms with van der Waals surface area (Å²) in [6.45, 7) is 12.2. The fourth-order valence-electron chi connectivity index (χ4n) is 3.17. The van der Waals surface area contributed by atoms with Gasteiger partial charge in [-0.2, -0.15) is 0 Å². The van der Waals surface area contributed by atoms with Crippen LogP contribution in [0, 0.1) is 5.92 Å². The zero-order valence-corrected chi connectivity index (χ0v) is 9.87. The summed E-state index contributed by atoms with van der Waals surface area (Å²) >= 11 is 0. The number of piperidine rings is 1. The van der Waals surface area contributed by atoms with Gasteiger partial charge in [-0.05, 0) is 52.2 Å². The van der Waals surface area contributed by atoms with Crippen molar-refractivity contribution >= 4 is 0 Å². The Morgan fingerprint density at radius 2 is 1.93 bits per heavy atom. The van der Waals surface area contributed by atoms with E-state index in [0.717, 1.165) is 18.0 Å². The average molecular weight is 196 g/mol. The first kappa shape index (κ1) is 10.4. The number of hydrogen-bond donors (Lipinski definition) is 0. The Morgan fingerprint density at radius 3 is 2.57 bits per heavy atom. The summed E-state index contributed by atoms with van der Waals surface area (Å²) in [6.07, 6.45) is 2.88. The fraction of sp³-hybridized carbons (Fsp3) is 1.00. The lowest BCUT2D eigenvalue weighted by molar-refractivity contribution is 0.0909. The lowest BCUT2D eigenvalue weighted by atomic mass is 9.92. The van der Waals surface area contributed by atoms with Crippen molar-refractivity contribution < 1.29 is 0 Å². The molecule has 2 unspecified atom stereocenters. The summed E-state index contributed by atoms with van der Waals surface area (Å²) in [5.41, 5.74) is 0. The SMILES string of the molecule is CCN1CCC2CCN(C(C)C)C2C1. The van der Waals surface area contributed by atoms with Crippen molar-refractivity contribution in [2.75, 3.05) is 26.2 Å². The number of rotatable bonds is 2. The quantitative estimate of drug-likeness (QED) is 0.664. The van der Waals surface area contributed by atoms with Crippen LogP contribution in [0.3, 0.4) is 0 Å². The second kappa shape index (κ2) is 4.19. The van der Waals surface area contributed by atoms with E-state index in [1.807, 2.05) is 0 Å². The van der Waals surface area contributed by atoms with Crippen LogP contribution in [0.15, 0.2) is 0 Å². The van der Waals surface area contributed by atoms with Crippen molar-refractivity contribution in [3.63, 3.8) is 0 Å². The smallest absolute Gasteiger partial charge is 0.0255 e. The maximum atomic E-state index is 2.71. The molecule has 0 bridgehead atoms. The van der Waals surface area contributed by atoms with Crippen molar-refractivity contribution in [3.8, 4) is 0 Å². The Hall–Kier alpha value is -0.0800. The number of likely N-dealkylation sites (N-methyl/N-ethyl adjacent to an activating group) is 1. The summed E-state index contributed by atoms with van der Waals surface area (Å²) in [4.78, 5) is 5.33. The summed E-state index contributed by atoms with van der Waals surface area (Å²) in [5, 5.41) is 0. The van der Waals surface area contributed by atoms with E-state index in [4.69, 9.17) is 0 Å². The van der Waals surface area contributed by atoms with E-state index in [-0.39, 0.29) is 0 Å². The van der Waals surface area contributed by atoms with Gasteiger partial charge in [0, 0.05) is 18.6 Å². The van der Waals surface area contributed by atoms with Gasteiger partial charge in [0.25, 0.3) is 0 Å². The standard InChI is InChI=1S/C12H24N2/c1-4-13-7-5-11-6-8-14(10(2)3)12(11)9-13/h10-12H,4-9H2,1-3H3. The first-order valence-corrected chi connectivity index (χ1v) is 6.20. The first-order chi connectivity index (χ1) is 6.72. The Bertz CT molecular complexity index is 191. The van der Waals surface area contributed by atoms with Crippen LogP contribution in [0.5, 0.6) is 0 Å². The van der Waals surface area contributed by atoms with E-state index in [9.17, 15) is 0 Å². The van der Waals surface area contributed by atoms with Crippen molar-refractivity contribution in [3.05, 3.63) is 0 Å². The molecule has 0 N–H and O–H groups in total. The predicted octanol–water partition coefficient (Wildman–Crippen LogP) is 1.81. The van der Waals surface area contributed by atoms with E-state index in [0.29, 0.717) is 0 Å². The maximum Gasteiger partial charge on any atom is 0.0255 e. The monoisotopic (exact) mass is 196 g/mol. The van der Waals surface area contributed by atoms with Gasteiger partial charge in [-0.1, -0.05) is 6.92 Å². The van der Waals surface area contributed by atoms with Crippen LogP contribution in [-0.2, 0) is 0 Å². The first-order valence-electron chi connectivity index (χ1n) is 6.20. The van der Waals surface area contributed by atoms with Crippen LogP contribution in [-0.4, -0.2) is 48.1 Å². The average Bonchev–Trinajstić information content (AvgIpc) is 2.59. The molecule has 2 fully saturated rings. The van der Waals surface area contributed by atoms with E-state index >= 15 is 0 Å². The third-order valence-corrected chi connectivity index (χ3v) is 4.10. The van der Waals surface area contributed by atoms with Crippen LogP contribution in [0.2, 0.25) is 0 Å². The van der Waals surface area contributed by atoms with Crippen molar-refractivity contribution in [2.45, 2.75) is 45.7 Å². The molecule has 0 aromatic rings. The molecule has 2 rings (SSSR count). The summed E-state index contributed by atoms with van der Waals surface area (Å²) < 4.78 is 0. The zero-order chi connectivity index (χ0) is 10.1. The highest BCUT2D eigenvalue weighted by Crippen LogP contribution is 2.32. The van der Waals surface area contributed by atoms with Gasteiger partial charge in [-0.3, -0.25) is 4.90 Å². The molecule has 0 aliphatic carbocycles. The van der Waals surface area contributed by atoms with E-state index in [2.05, 4.69) is 30.6 Å². The van der Waals surface area contributed by atoms with Gasteiger partial charge < -0.3 is 4.90 Å². The lowest BCUT2D eigenvalue weighted by Gasteiger charge is -2.39. The number of nitrogens with zero attached hydrogens (tertiary/aromatic N) is 2. The van der Waals surface area contributed by atoms with Gasteiger partial charge in [0.15, 0.2) is 0 Å². The van der Waals surface area contributed by atoms with Gasteiger partial charge in [-0.25, -0.2) is 0 Å². The van der Waals surface area contributed by atoms with Gasteiger partial charge >= 0.3 is 0 Å². The Kier molecular flexibility index (Phi) is 3.13. The number of likely N-dealkylation sites (tertiary alicyclic amines) is 2. The highest BCUT2D eigenvalue weighted by atomic mass is 15.3. The molecule has 0 aromatic carbocycles. The zero-order valence-electron chi connectivity index (χ0n) is 9.87. The van der Waals surface area contributed by atoms with Gasteiger partial charge in [0.2, 0.25) is 0 Å². The van der Waals surface area contributed by atoms with Gasteiger partial charge in [-0.15, -0.1) is 0 Å². The molecule has 0 radical (unpaired) electrons. The molecule has 2 heterocycles. The maximum absolute atomic E-state index is 2.71. The summed E-state index contributed by atoms with van der Waals surface area (Å²) in [6, 6.07) is 1.60. The van der Waals surface area contributed by atoms with Crippen LogP contribution in [0.1, 0.15) is 33.6 Å². The third kappa shape index (κ3) is 1.82. The highest BCUT2D eigenvalue weighted by molar-refractivity contribution is 4.93. The summed E-state index contributed by atoms with van der Waals surface area (Å²) in [5.74, 6) is 1.00. The minimum Gasteiger partial charge on any atom is -0.302 e. The third-order valence-electron chi connectivity index (χ3n) is 4.10. The second-order valence-corrected chi connectivity index (χ2v) is 5.13. The minimum atomic E-state index is 0.738. The lowest BCUT2D eigenvalue weighted by Crippen LogP contribution is -2.49. The molecule has 14 heavy (non-hydrogen) atoms. The molecule has 2 saturated heterocycles. The van der Waals surface area contributed by atoms with Crippen LogP contribution >= 0.6 is 0 Å². The molecule has 0 amide bonds. The Labute approximate surface area is 88.3 Å². The molecule has 0 saturated carbocycles. The number of fused-ring (bicyclic) bond motifs is 1. The molecule has 2 aliphatic heterocycles. The van der Waals surface area contributed by atoms with Crippen LogP contribution in [0.25, 0.3) is 0 Å². The van der Waals surface area contributed by atoms with E-state index in [1.54, 1.807) is 0 Å². The molecule has 0 spiro atoms. The molecule has 0 aromatic heterocycles. The molecule has 2 atom stereocenters. The molecular formula is C12H24N2. The van der Waals surface area contributed by atoms with Gasteiger partial charge in [0.05, 0.1) is 0 Å². The topological polar surface area (TPSA) is 6.48 Å².